The van der Waals surface area contributed by atoms with Gasteiger partial charge in [-0.05, 0) is 53.9 Å². The zero-order valence-corrected chi connectivity index (χ0v) is 18.6. The molecule has 4 rings (SSSR count). The Morgan fingerprint density at radius 3 is 2.77 bits per heavy atom. The SMILES string of the molecule is CC(C)(C)C1CCc2nc3sc(C(=O)NC(CC#N)c4ccccc4)cc3cc2C1. The largest absolute Gasteiger partial charge is 0.343 e. The molecule has 0 bridgehead atoms. The highest BCUT2D eigenvalue weighted by molar-refractivity contribution is 7.20. The van der Waals surface area contributed by atoms with Gasteiger partial charge in [0.1, 0.15) is 4.83 Å². The Kier molecular flexibility index (Phi) is 5.62. The first kappa shape index (κ1) is 20.6. The fourth-order valence-corrected chi connectivity index (χ4v) is 5.17. The van der Waals surface area contributed by atoms with Gasteiger partial charge in [-0.3, -0.25) is 4.79 Å². The summed E-state index contributed by atoms with van der Waals surface area (Å²) in [6.07, 6.45) is 3.46. The number of carbonyl (C=O) groups excluding carboxylic acids is 1. The molecule has 0 saturated carbocycles. The Bertz CT molecular complexity index is 1110. The van der Waals surface area contributed by atoms with Crippen molar-refractivity contribution in [3.05, 3.63) is 64.2 Å². The summed E-state index contributed by atoms with van der Waals surface area (Å²) in [5.41, 5.74) is 3.74. The van der Waals surface area contributed by atoms with Gasteiger partial charge in [-0.15, -0.1) is 11.3 Å². The lowest BCUT2D eigenvalue weighted by molar-refractivity contribution is 0.0941. The number of hydrogen-bond donors (Lipinski definition) is 1. The lowest BCUT2D eigenvalue weighted by Gasteiger charge is -2.34. The minimum absolute atomic E-state index is 0.146. The molecule has 2 atom stereocenters. The number of rotatable bonds is 4. The number of benzene rings is 1. The van der Waals surface area contributed by atoms with Crippen LogP contribution in [0.15, 0.2) is 42.5 Å². The minimum atomic E-state index is -0.317. The van der Waals surface area contributed by atoms with Crippen molar-refractivity contribution in [1.29, 1.82) is 5.26 Å². The molecular weight excluding hydrogens is 390 g/mol. The molecule has 5 heteroatoms. The maximum absolute atomic E-state index is 12.9. The molecule has 3 aromatic rings. The first-order valence-electron chi connectivity index (χ1n) is 10.5. The van der Waals surface area contributed by atoms with E-state index in [0.717, 1.165) is 28.6 Å². The molecule has 2 aromatic heterocycles. The van der Waals surface area contributed by atoms with Gasteiger partial charge >= 0.3 is 0 Å². The molecule has 154 valence electrons. The molecule has 0 spiro atoms. The zero-order chi connectivity index (χ0) is 21.3. The summed E-state index contributed by atoms with van der Waals surface area (Å²) in [7, 11) is 0. The fraction of sp³-hybridized carbons (Fsp3) is 0.400. The number of carbonyl (C=O) groups is 1. The van der Waals surface area contributed by atoms with Gasteiger partial charge in [0, 0.05) is 11.1 Å². The Morgan fingerprint density at radius 2 is 2.07 bits per heavy atom. The van der Waals surface area contributed by atoms with Gasteiger partial charge in [0.05, 0.1) is 23.4 Å². The molecule has 1 aliphatic carbocycles. The third-order valence-electron chi connectivity index (χ3n) is 6.12. The zero-order valence-electron chi connectivity index (χ0n) is 17.7. The summed E-state index contributed by atoms with van der Waals surface area (Å²) >= 11 is 1.43. The van der Waals surface area contributed by atoms with Crippen molar-refractivity contribution < 1.29 is 4.79 Å². The summed E-state index contributed by atoms with van der Waals surface area (Å²) in [6, 6.07) is 15.7. The number of pyridine rings is 1. The molecule has 1 aromatic carbocycles. The highest BCUT2D eigenvalue weighted by Crippen LogP contribution is 2.38. The van der Waals surface area contributed by atoms with E-state index in [2.05, 4.69) is 38.2 Å². The predicted molar refractivity (Wildman–Crippen MR) is 121 cm³/mol. The second-order valence-corrected chi connectivity index (χ2v) is 10.2. The van der Waals surface area contributed by atoms with Gasteiger partial charge in [-0.25, -0.2) is 4.98 Å². The molecule has 0 saturated heterocycles. The van der Waals surface area contributed by atoms with Crippen LogP contribution in [0.3, 0.4) is 0 Å². The predicted octanol–water partition coefficient (Wildman–Crippen LogP) is 5.83. The van der Waals surface area contributed by atoms with Crippen LogP contribution in [-0.2, 0) is 12.8 Å². The summed E-state index contributed by atoms with van der Waals surface area (Å²) in [5.74, 6) is 0.510. The van der Waals surface area contributed by atoms with E-state index >= 15 is 0 Å². The molecule has 1 N–H and O–H groups in total. The van der Waals surface area contributed by atoms with Crippen molar-refractivity contribution in [2.24, 2.45) is 11.3 Å². The van der Waals surface area contributed by atoms with Crippen LogP contribution in [-0.4, -0.2) is 10.9 Å². The number of aromatic nitrogens is 1. The molecule has 1 aliphatic rings. The normalized spacial score (nSPS) is 17.2. The van der Waals surface area contributed by atoms with E-state index in [1.807, 2.05) is 36.4 Å². The van der Waals surface area contributed by atoms with Crippen LogP contribution < -0.4 is 5.32 Å². The smallest absolute Gasteiger partial charge is 0.261 e. The molecule has 2 unspecified atom stereocenters. The van der Waals surface area contributed by atoms with Crippen LogP contribution in [0, 0.1) is 22.7 Å². The van der Waals surface area contributed by atoms with Crippen molar-refractivity contribution in [3.8, 4) is 6.07 Å². The number of nitriles is 1. The molecule has 4 nitrogen and oxygen atoms in total. The third kappa shape index (κ3) is 4.24. The van der Waals surface area contributed by atoms with Crippen molar-refractivity contribution in [2.75, 3.05) is 0 Å². The van der Waals surface area contributed by atoms with E-state index in [1.54, 1.807) is 0 Å². The van der Waals surface area contributed by atoms with Crippen LogP contribution in [0.25, 0.3) is 10.2 Å². The number of nitrogens with zero attached hydrogens (tertiary/aromatic N) is 2. The van der Waals surface area contributed by atoms with Gasteiger partial charge in [0.2, 0.25) is 0 Å². The monoisotopic (exact) mass is 417 g/mol. The van der Waals surface area contributed by atoms with Crippen LogP contribution in [0.5, 0.6) is 0 Å². The summed E-state index contributed by atoms with van der Waals surface area (Å²) in [5, 5.41) is 13.3. The Hall–Kier alpha value is -2.71. The van der Waals surface area contributed by atoms with Crippen LogP contribution in [0.1, 0.15) is 66.1 Å². The Labute approximate surface area is 182 Å². The molecule has 0 radical (unpaired) electrons. The lowest BCUT2D eigenvalue weighted by atomic mass is 9.71. The average Bonchev–Trinajstić information content (AvgIpc) is 3.14. The highest BCUT2D eigenvalue weighted by Gasteiger charge is 2.29. The maximum Gasteiger partial charge on any atom is 0.261 e. The summed E-state index contributed by atoms with van der Waals surface area (Å²) < 4.78 is 0. The second-order valence-electron chi connectivity index (χ2n) is 9.20. The van der Waals surface area contributed by atoms with E-state index in [9.17, 15) is 10.1 Å². The number of thiophene rings is 1. The third-order valence-corrected chi connectivity index (χ3v) is 7.17. The van der Waals surface area contributed by atoms with Crippen molar-refractivity contribution in [1.82, 2.24) is 10.3 Å². The summed E-state index contributed by atoms with van der Waals surface area (Å²) in [4.78, 5) is 19.4. The van der Waals surface area contributed by atoms with Crippen molar-refractivity contribution in [2.45, 2.75) is 52.5 Å². The van der Waals surface area contributed by atoms with Crippen molar-refractivity contribution >= 4 is 27.5 Å². The topological polar surface area (TPSA) is 65.8 Å². The first-order valence-corrected chi connectivity index (χ1v) is 11.3. The standard InChI is InChI=1S/C25H27N3OS/c1-25(2,3)19-9-10-20-17(14-19)13-18-15-22(30-24(18)28-20)23(29)27-21(11-12-26)16-7-5-4-6-8-16/h4-8,13,15,19,21H,9-11,14H2,1-3H3,(H,27,29). The lowest BCUT2D eigenvalue weighted by Crippen LogP contribution is -2.27. The maximum atomic E-state index is 12.9. The number of amides is 1. The number of aryl methyl sites for hydroxylation is 1. The molecule has 0 aliphatic heterocycles. The van der Waals surface area contributed by atoms with Gasteiger partial charge in [0.25, 0.3) is 5.91 Å². The van der Waals surface area contributed by atoms with E-state index in [4.69, 9.17) is 4.98 Å². The van der Waals surface area contributed by atoms with Gasteiger partial charge in [-0.1, -0.05) is 51.1 Å². The number of fused-ring (bicyclic) bond motifs is 2. The van der Waals surface area contributed by atoms with Crippen LogP contribution in [0.2, 0.25) is 0 Å². The highest BCUT2D eigenvalue weighted by atomic mass is 32.1. The molecule has 2 heterocycles. The minimum Gasteiger partial charge on any atom is -0.343 e. The van der Waals surface area contributed by atoms with Crippen LogP contribution in [0.4, 0.5) is 0 Å². The average molecular weight is 418 g/mol. The van der Waals surface area contributed by atoms with Crippen LogP contribution >= 0.6 is 11.3 Å². The number of hydrogen-bond acceptors (Lipinski definition) is 4. The molecule has 0 fully saturated rings. The first-order chi connectivity index (χ1) is 14.3. The van der Waals surface area contributed by atoms with Gasteiger partial charge in [-0.2, -0.15) is 5.26 Å². The van der Waals surface area contributed by atoms with E-state index < -0.39 is 0 Å². The Morgan fingerprint density at radius 1 is 1.30 bits per heavy atom. The van der Waals surface area contributed by atoms with E-state index in [-0.39, 0.29) is 18.4 Å². The van der Waals surface area contributed by atoms with E-state index in [0.29, 0.717) is 16.2 Å². The number of nitrogens with one attached hydrogen (secondary N) is 1. The molecular formula is C25H27N3OS. The van der Waals surface area contributed by atoms with Gasteiger partial charge in [0.15, 0.2) is 0 Å². The molecule has 30 heavy (non-hydrogen) atoms. The fourth-order valence-electron chi connectivity index (χ4n) is 4.23. The van der Waals surface area contributed by atoms with Gasteiger partial charge < -0.3 is 5.32 Å². The Balaban J connectivity index is 1.58. The van der Waals surface area contributed by atoms with Crippen molar-refractivity contribution in [3.63, 3.8) is 0 Å². The second kappa shape index (κ2) is 8.20. The summed E-state index contributed by atoms with van der Waals surface area (Å²) in [6.45, 7) is 6.93. The van der Waals surface area contributed by atoms with E-state index in [1.165, 1.54) is 29.0 Å². The molecule has 1 amide bonds. The quantitative estimate of drug-likeness (QED) is 0.580.